The zero-order chi connectivity index (χ0) is 12.1. The van der Waals surface area contributed by atoms with Crippen molar-refractivity contribution in [3.63, 3.8) is 0 Å². The van der Waals surface area contributed by atoms with Gasteiger partial charge in [0, 0.05) is 30.6 Å². The lowest BCUT2D eigenvalue weighted by atomic mass is 10.1. The number of nitrogens with zero attached hydrogens (tertiary/aromatic N) is 2. The first-order valence-electron chi connectivity index (χ1n) is 5.17. The zero-order valence-corrected chi connectivity index (χ0v) is 9.91. The molecule has 0 atom stereocenters. The number of rotatable bonds is 5. The van der Waals surface area contributed by atoms with Gasteiger partial charge in [-0.05, 0) is 19.9 Å². The number of methoxy groups -OCH3 is 1. The lowest BCUT2D eigenvalue weighted by molar-refractivity contribution is 0.0997. The second kappa shape index (κ2) is 5.47. The molecule has 86 valence electrons. The summed E-state index contributed by atoms with van der Waals surface area (Å²) >= 11 is 0. The zero-order valence-electron chi connectivity index (χ0n) is 9.91. The summed E-state index contributed by atoms with van der Waals surface area (Å²) in [7, 11) is 1.65. The first-order chi connectivity index (χ1) is 7.61. The largest absolute Gasteiger partial charge is 0.383 e. The number of Topliss-reactive ketones (excluding diaryl/α,β-unsaturated/α-hetero) is 1. The van der Waals surface area contributed by atoms with Gasteiger partial charge >= 0.3 is 0 Å². The lowest BCUT2D eigenvalue weighted by Gasteiger charge is -2.08. The second-order valence-corrected chi connectivity index (χ2v) is 3.69. The van der Waals surface area contributed by atoms with Gasteiger partial charge in [-0.3, -0.25) is 4.79 Å². The average Bonchev–Trinajstić information content (AvgIpc) is 2.53. The Balaban J connectivity index is 2.97. The first kappa shape index (κ1) is 12.5. The van der Waals surface area contributed by atoms with Gasteiger partial charge in [0.15, 0.2) is 5.78 Å². The minimum atomic E-state index is -0.112. The molecule has 0 spiro atoms. The number of hydrogen-bond acceptors (Lipinski definition) is 3. The minimum Gasteiger partial charge on any atom is -0.383 e. The molecule has 0 saturated carbocycles. The second-order valence-electron chi connectivity index (χ2n) is 3.69. The number of hydrogen-bond donors (Lipinski definition) is 0. The van der Waals surface area contributed by atoms with E-state index in [2.05, 4.69) is 0 Å². The molecular formula is C12H16N2O2. The molecule has 0 saturated heterocycles. The molecule has 1 aromatic heterocycles. The molecule has 0 fully saturated rings. The molecule has 1 aromatic rings. The molecule has 1 rings (SSSR count). The van der Waals surface area contributed by atoms with E-state index < -0.39 is 0 Å². The summed E-state index contributed by atoms with van der Waals surface area (Å²) in [5, 5.41) is 8.51. The summed E-state index contributed by atoms with van der Waals surface area (Å²) in [5.41, 5.74) is 2.58. The Morgan fingerprint density at radius 3 is 2.81 bits per heavy atom. The van der Waals surface area contributed by atoms with Crippen LogP contribution in [-0.4, -0.2) is 24.1 Å². The van der Waals surface area contributed by atoms with Crippen molar-refractivity contribution in [2.45, 2.75) is 26.8 Å². The van der Waals surface area contributed by atoms with E-state index >= 15 is 0 Å². The van der Waals surface area contributed by atoms with E-state index in [9.17, 15) is 4.79 Å². The highest BCUT2D eigenvalue weighted by Crippen LogP contribution is 2.16. The highest BCUT2D eigenvalue weighted by Gasteiger charge is 2.14. The van der Waals surface area contributed by atoms with Crippen LogP contribution in [0.1, 0.15) is 28.2 Å². The molecule has 0 unspecified atom stereocenters. The van der Waals surface area contributed by atoms with Crippen molar-refractivity contribution >= 4 is 5.78 Å². The predicted molar refractivity (Wildman–Crippen MR) is 60.3 cm³/mol. The average molecular weight is 220 g/mol. The number of ketones is 1. The third-order valence-corrected chi connectivity index (χ3v) is 2.63. The Bertz CT molecular complexity index is 427. The van der Waals surface area contributed by atoms with Crippen LogP contribution in [0.3, 0.4) is 0 Å². The van der Waals surface area contributed by atoms with Crippen LogP contribution in [0.15, 0.2) is 6.07 Å². The fourth-order valence-corrected chi connectivity index (χ4v) is 1.78. The van der Waals surface area contributed by atoms with Crippen molar-refractivity contribution in [3.05, 3.63) is 23.0 Å². The molecule has 1 heterocycles. The highest BCUT2D eigenvalue weighted by atomic mass is 16.5. The Morgan fingerprint density at radius 2 is 2.25 bits per heavy atom. The maximum atomic E-state index is 11.6. The van der Waals surface area contributed by atoms with Crippen molar-refractivity contribution in [2.24, 2.45) is 0 Å². The maximum absolute atomic E-state index is 11.6. The van der Waals surface area contributed by atoms with Crippen LogP contribution < -0.4 is 0 Å². The molecular weight excluding hydrogens is 204 g/mol. The van der Waals surface area contributed by atoms with Crippen LogP contribution in [0.5, 0.6) is 0 Å². The van der Waals surface area contributed by atoms with Gasteiger partial charge < -0.3 is 9.30 Å². The van der Waals surface area contributed by atoms with E-state index in [-0.39, 0.29) is 12.2 Å². The number of nitriles is 1. The van der Waals surface area contributed by atoms with Gasteiger partial charge in [0.05, 0.1) is 19.1 Å². The number of carbonyl (C=O) groups excluding carboxylic acids is 1. The number of ether oxygens (including phenoxy) is 1. The quantitative estimate of drug-likeness (QED) is 0.711. The Morgan fingerprint density at radius 1 is 1.56 bits per heavy atom. The maximum Gasteiger partial charge on any atom is 0.178 e. The summed E-state index contributed by atoms with van der Waals surface area (Å²) in [6.45, 7) is 5.19. The predicted octanol–water partition coefficient (Wildman–Crippen LogP) is 1.85. The van der Waals surface area contributed by atoms with Gasteiger partial charge in [0.2, 0.25) is 0 Å². The van der Waals surface area contributed by atoms with Gasteiger partial charge in [0.25, 0.3) is 0 Å². The summed E-state index contributed by atoms with van der Waals surface area (Å²) in [6, 6.07) is 3.72. The standard InChI is InChI=1S/C12H16N2O2/c1-9-8-11(12(15)4-5-13)10(2)14(9)6-7-16-3/h8H,4,6-7H2,1-3H3. The van der Waals surface area contributed by atoms with Crippen molar-refractivity contribution in [3.8, 4) is 6.07 Å². The smallest absolute Gasteiger partial charge is 0.178 e. The van der Waals surface area contributed by atoms with Crippen LogP contribution in [0, 0.1) is 25.2 Å². The molecule has 0 aliphatic heterocycles. The molecule has 4 heteroatoms. The van der Waals surface area contributed by atoms with Crippen LogP contribution in [0.4, 0.5) is 0 Å². The monoisotopic (exact) mass is 220 g/mol. The highest BCUT2D eigenvalue weighted by molar-refractivity contribution is 5.98. The lowest BCUT2D eigenvalue weighted by Crippen LogP contribution is -2.08. The van der Waals surface area contributed by atoms with Gasteiger partial charge in [-0.15, -0.1) is 0 Å². The van der Waals surface area contributed by atoms with Gasteiger partial charge in [-0.25, -0.2) is 0 Å². The molecule has 0 aliphatic rings. The van der Waals surface area contributed by atoms with E-state index in [1.165, 1.54) is 0 Å². The molecule has 0 N–H and O–H groups in total. The fourth-order valence-electron chi connectivity index (χ4n) is 1.78. The Labute approximate surface area is 95.4 Å². The van der Waals surface area contributed by atoms with Crippen molar-refractivity contribution in [1.29, 1.82) is 5.26 Å². The fraction of sp³-hybridized carbons (Fsp3) is 0.500. The van der Waals surface area contributed by atoms with Crippen LogP contribution in [0.25, 0.3) is 0 Å². The Kier molecular flexibility index (Phi) is 4.27. The third-order valence-electron chi connectivity index (χ3n) is 2.63. The SMILES string of the molecule is COCCn1c(C)cc(C(=O)CC#N)c1C. The number of aromatic nitrogens is 1. The normalized spacial score (nSPS) is 10.1. The molecule has 0 bridgehead atoms. The van der Waals surface area contributed by atoms with E-state index in [4.69, 9.17) is 10.00 Å². The van der Waals surface area contributed by atoms with Crippen molar-refractivity contribution < 1.29 is 9.53 Å². The summed E-state index contributed by atoms with van der Waals surface area (Å²) in [4.78, 5) is 11.6. The third kappa shape index (κ3) is 2.50. The van der Waals surface area contributed by atoms with Gasteiger partial charge in [0.1, 0.15) is 0 Å². The van der Waals surface area contributed by atoms with E-state index in [0.29, 0.717) is 12.2 Å². The molecule has 0 aliphatic carbocycles. The first-order valence-corrected chi connectivity index (χ1v) is 5.17. The van der Waals surface area contributed by atoms with E-state index in [1.807, 2.05) is 30.6 Å². The van der Waals surface area contributed by atoms with E-state index in [0.717, 1.165) is 17.9 Å². The van der Waals surface area contributed by atoms with Crippen molar-refractivity contribution in [1.82, 2.24) is 4.57 Å². The van der Waals surface area contributed by atoms with Crippen LogP contribution in [-0.2, 0) is 11.3 Å². The topological polar surface area (TPSA) is 55.0 Å². The Hall–Kier alpha value is -1.60. The molecule has 0 amide bonds. The number of carbonyl (C=O) groups is 1. The molecule has 16 heavy (non-hydrogen) atoms. The van der Waals surface area contributed by atoms with Crippen LogP contribution in [0.2, 0.25) is 0 Å². The summed E-state index contributed by atoms with van der Waals surface area (Å²) in [6.07, 6.45) is -0.0609. The minimum absolute atomic E-state index is 0.0609. The molecule has 0 aromatic carbocycles. The van der Waals surface area contributed by atoms with Gasteiger partial charge in [-0.1, -0.05) is 0 Å². The van der Waals surface area contributed by atoms with Gasteiger partial charge in [-0.2, -0.15) is 5.26 Å². The van der Waals surface area contributed by atoms with Crippen molar-refractivity contribution in [2.75, 3.05) is 13.7 Å². The molecule has 4 nitrogen and oxygen atoms in total. The summed E-state index contributed by atoms with van der Waals surface area (Å²) < 4.78 is 7.05. The van der Waals surface area contributed by atoms with Crippen LogP contribution >= 0.6 is 0 Å². The number of aryl methyl sites for hydroxylation is 1. The summed E-state index contributed by atoms with van der Waals surface area (Å²) in [5.74, 6) is -0.112. The van der Waals surface area contributed by atoms with E-state index in [1.54, 1.807) is 7.11 Å². The molecule has 0 radical (unpaired) electrons.